The molecule has 138 valence electrons. The summed E-state index contributed by atoms with van der Waals surface area (Å²) in [6.07, 6.45) is 1.87. The molecule has 0 saturated heterocycles. The Balaban J connectivity index is 1.94. The van der Waals surface area contributed by atoms with Crippen molar-refractivity contribution in [1.29, 1.82) is 0 Å². The van der Waals surface area contributed by atoms with Crippen molar-refractivity contribution in [2.75, 3.05) is 13.7 Å². The van der Waals surface area contributed by atoms with Gasteiger partial charge in [-0.1, -0.05) is 18.2 Å². The number of hydrogen-bond acceptors (Lipinski definition) is 3. The Morgan fingerprint density at radius 3 is 2.69 bits per heavy atom. The number of benzene rings is 1. The zero-order chi connectivity index (χ0) is 18.7. The molecule has 1 aliphatic rings. The van der Waals surface area contributed by atoms with Crippen LogP contribution in [0.1, 0.15) is 37.6 Å². The van der Waals surface area contributed by atoms with Gasteiger partial charge >= 0.3 is 0 Å². The van der Waals surface area contributed by atoms with E-state index in [1.165, 1.54) is 0 Å². The lowest BCUT2D eigenvalue weighted by atomic mass is 9.98. The lowest BCUT2D eigenvalue weighted by Gasteiger charge is -2.37. The minimum Gasteiger partial charge on any atom is -0.496 e. The number of fused-ring (bicyclic) bond motifs is 1. The minimum absolute atomic E-state index is 0.0129. The van der Waals surface area contributed by atoms with E-state index in [2.05, 4.69) is 9.88 Å². The third kappa shape index (κ3) is 3.59. The zero-order valence-corrected chi connectivity index (χ0v) is 15.4. The normalized spacial score (nSPS) is 16.3. The maximum absolute atomic E-state index is 12.9. The number of nitrogens with one attached hydrogen (secondary N) is 1. The standard InChI is InChI=1S/C20H25N3O3/c1-14(2)21-18(24)13-19(25)23-12-11-22-10-6-8-16(22)20(23)15-7-4-5-9-17(15)26-3/h4-10,14,20H,11-13H2,1-3H3,(H,21,24). The molecule has 1 N–H and O–H groups in total. The van der Waals surface area contributed by atoms with Crippen LogP contribution in [0.2, 0.25) is 0 Å². The third-order valence-corrected chi connectivity index (χ3v) is 4.55. The maximum Gasteiger partial charge on any atom is 0.232 e. The lowest BCUT2D eigenvalue weighted by molar-refractivity contribution is -0.138. The van der Waals surface area contributed by atoms with Gasteiger partial charge in [-0.05, 0) is 32.0 Å². The van der Waals surface area contributed by atoms with Gasteiger partial charge in [-0.15, -0.1) is 0 Å². The highest BCUT2D eigenvalue weighted by Crippen LogP contribution is 2.37. The number of nitrogens with zero attached hydrogens (tertiary/aromatic N) is 2. The number of aromatic nitrogens is 1. The van der Waals surface area contributed by atoms with Crippen LogP contribution >= 0.6 is 0 Å². The highest BCUT2D eigenvalue weighted by atomic mass is 16.5. The molecular formula is C20H25N3O3. The van der Waals surface area contributed by atoms with E-state index in [0.29, 0.717) is 13.1 Å². The minimum atomic E-state index is -0.269. The largest absolute Gasteiger partial charge is 0.496 e. The summed E-state index contributed by atoms with van der Waals surface area (Å²) in [6.45, 7) is 5.03. The summed E-state index contributed by atoms with van der Waals surface area (Å²) >= 11 is 0. The quantitative estimate of drug-likeness (QED) is 0.838. The van der Waals surface area contributed by atoms with Gasteiger partial charge in [-0.2, -0.15) is 0 Å². The van der Waals surface area contributed by atoms with Crippen molar-refractivity contribution in [1.82, 2.24) is 14.8 Å². The molecular weight excluding hydrogens is 330 g/mol. The van der Waals surface area contributed by atoms with E-state index in [9.17, 15) is 9.59 Å². The van der Waals surface area contributed by atoms with Crippen molar-refractivity contribution < 1.29 is 14.3 Å². The van der Waals surface area contributed by atoms with Gasteiger partial charge < -0.3 is 19.5 Å². The fourth-order valence-electron chi connectivity index (χ4n) is 3.48. The molecule has 26 heavy (non-hydrogen) atoms. The van der Waals surface area contributed by atoms with Crippen molar-refractivity contribution >= 4 is 11.8 Å². The average molecular weight is 355 g/mol. The summed E-state index contributed by atoms with van der Waals surface area (Å²) in [4.78, 5) is 26.8. The van der Waals surface area contributed by atoms with Crippen molar-refractivity contribution in [3.8, 4) is 5.75 Å². The monoisotopic (exact) mass is 355 g/mol. The van der Waals surface area contributed by atoms with Crippen LogP contribution in [0, 0.1) is 0 Å². The van der Waals surface area contributed by atoms with Gasteiger partial charge in [-0.3, -0.25) is 9.59 Å². The van der Waals surface area contributed by atoms with Crippen LogP contribution in [0.25, 0.3) is 0 Å². The van der Waals surface area contributed by atoms with E-state index in [1.807, 2.05) is 56.4 Å². The Kier molecular flexibility index (Phi) is 5.30. The van der Waals surface area contributed by atoms with Crippen molar-refractivity contribution in [3.05, 3.63) is 53.9 Å². The van der Waals surface area contributed by atoms with Gasteiger partial charge in [0.2, 0.25) is 11.8 Å². The highest BCUT2D eigenvalue weighted by molar-refractivity contribution is 5.97. The first-order valence-corrected chi connectivity index (χ1v) is 8.88. The molecule has 6 heteroatoms. The maximum atomic E-state index is 12.9. The van der Waals surface area contributed by atoms with Crippen molar-refractivity contribution in [2.45, 2.75) is 38.9 Å². The summed E-state index contributed by atoms with van der Waals surface area (Å²) in [5.41, 5.74) is 1.95. The Morgan fingerprint density at radius 1 is 1.19 bits per heavy atom. The molecule has 0 bridgehead atoms. The van der Waals surface area contributed by atoms with Gasteiger partial charge in [0.05, 0.1) is 7.11 Å². The van der Waals surface area contributed by atoms with Gasteiger partial charge in [0.15, 0.2) is 0 Å². The molecule has 3 rings (SSSR count). The summed E-state index contributed by atoms with van der Waals surface area (Å²) in [5, 5.41) is 2.79. The van der Waals surface area contributed by atoms with Crippen LogP contribution in [0.15, 0.2) is 42.6 Å². The second-order valence-electron chi connectivity index (χ2n) is 6.76. The fraction of sp³-hybridized carbons (Fsp3) is 0.400. The SMILES string of the molecule is COc1ccccc1C1c2cccn2CCN1C(=O)CC(=O)NC(C)C. The molecule has 2 aromatic rings. The molecule has 6 nitrogen and oxygen atoms in total. The van der Waals surface area contributed by atoms with Crippen LogP contribution in [0.3, 0.4) is 0 Å². The molecule has 2 heterocycles. The number of ether oxygens (including phenoxy) is 1. The van der Waals surface area contributed by atoms with E-state index in [-0.39, 0.29) is 30.3 Å². The zero-order valence-electron chi connectivity index (χ0n) is 15.4. The van der Waals surface area contributed by atoms with Crippen LogP contribution in [-0.2, 0) is 16.1 Å². The van der Waals surface area contributed by atoms with E-state index >= 15 is 0 Å². The molecule has 0 radical (unpaired) electrons. The number of carbonyl (C=O) groups excluding carboxylic acids is 2. The van der Waals surface area contributed by atoms with Gasteiger partial charge in [0.1, 0.15) is 18.2 Å². The first-order chi connectivity index (χ1) is 12.5. The number of hydrogen-bond donors (Lipinski definition) is 1. The Hall–Kier alpha value is -2.76. The number of rotatable bonds is 5. The van der Waals surface area contributed by atoms with Crippen LogP contribution in [0.4, 0.5) is 0 Å². The number of carbonyl (C=O) groups is 2. The number of para-hydroxylation sites is 1. The molecule has 1 aromatic heterocycles. The van der Waals surface area contributed by atoms with E-state index in [1.54, 1.807) is 12.0 Å². The van der Waals surface area contributed by atoms with Gasteiger partial charge in [0, 0.05) is 36.6 Å². The molecule has 1 unspecified atom stereocenters. The first-order valence-electron chi connectivity index (χ1n) is 8.88. The van der Waals surface area contributed by atoms with Crippen LogP contribution in [-0.4, -0.2) is 41.0 Å². The predicted molar refractivity (Wildman–Crippen MR) is 98.9 cm³/mol. The van der Waals surface area contributed by atoms with Crippen molar-refractivity contribution in [2.24, 2.45) is 0 Å². The van der Waals surface area contributed by atoms with E-state index in [0.717, 1.165) is 17.0 Å². The van der Waals surface area contributed by atoms with Gasteiger partial charge in [-0.25, -0.2) is 0 Å². The van der Waals surface area contributed by atoms with E-state index in [4.69, 9.17) is 4.74 Å². The molecule has 0 saturated carbocycles. The smallest absolute Gasteiger partial charge is 0.232 e. The second kappa shape index (κ2) is 7.64. The first kappa shape index (κ1) is 18.0. The highest BCUT2D eigenvalue weighted by Gasteiger charge is 2.34. The van der Waals surface area contributed by atoms with Crippen molar-refractivity contribution in [3.63, 3.8) is 0 Å². The molecule has 1 atom stereocenters. The Labute approximate surface area is 153 Å². The predicted octanol–water partition coefficient (Wildman–Crippen LogP) is 2.34. The molecule has 1 aromatic carbocycles. The molecule has 0 fully saturated rings. The van der Waals surface area contributed by atoms with Crippen LogP contribution in [0.5, 0.6) is 5.75 Å². The van der Waals surface area contributed by atoms with Gasteiger partial charge in [0.25, 0.3) is 0 Å². The Bertz CT molecular complexity index is 797. The van der Waals surface area contributed by atoms with E-state index < -0.39 is 0 Å². The number of amides is 2. The molecule has 0 aliphatic carbocycles. The fourth-order valence-corrected chi connectivity index (χ4v) is 3.48. The summed E-state index contributed by atoms with van der Waals surface area (Å²) in [5.74, 6) is 0.313. The lowest BCUT2D eigenvalue weighted by Crippen LogP contribution is -2.44. The molecule has 2 amide bonds. The summed E-state index contributed by atoms with van der Waals surface area (Å²) in [7, 11) is 1.63. The third-order valence-electron chi connectivity index (χ3n) is 4.55. The average Bonchev–Trinajstić information content (AvgIpc) is 3.08. The van der Waals surface area contributed by atoms with Crippen LogP contribution < -0.4 is 10.1 Å². The second-order valence-corrected chi connectivity index (χ2v) is 6.76. The summed E-state index contributed by atoms with van der Waals surface area (Å²) < 4.78 is 7.67. The topological polar surface area (TPSA) is 63.6 Å². The molecule has 0 spiro atoms. The Morgan fingerprint density at radius 2 is 1.96 bits per heavy atom. The number of methoxy groups -OCH3 is 1. The molecule has 1 aliphatic heterocycles. The summed E-state index contributed by atoms with van der Waals surface area (Å²) in [6, 6.07) is 11.5.